The Bertz CT molecular complexity index is 788. The van der Waals surface area contributed by atoms with Crippen LogP contribution in [0, 0.1) is 52.3 Å². The van der Waals surface area contributed by atoms with E-state index in [-0.39, 0.29) is 17.4 Å². The molecule has 9 atom stereocenters. The molecule has 3 fully saturated rings. The van der Waals surface area contributed by atoms with Gasteiger partial charge >= 0.3 is 0 Å². The van der Waals surface area contributed by atoms with Crippen molar-refractivity contribution in [1.82, 2.24) is 0 Å². The minimum atomic E-state index is -2.45. The molecule has 1 heteroatoms. The largest absolute Gasteiger partial charge is 0.393 e. The number of hydrogen-bond acceptors (Lipinski definition) is 1. The van der Waals surface area contributed by atoms with Gasteiger partial charge in [0.25, 0.3) is 0 Å². The maximum Gasteiger partial charge on any atom is 0.0577 e. The Morgan fingerprint density at radius 3 is 2.62 bits per heavy atom. The van der Waals surface area contributed by atoms with E-state index >= 15 is 0 Å². The molecule has 0 aromatic carbocycles. The molecule has 0 unspecified atom stereocenters. The zero-order valence-electron chi connectivity index (χ0n) is 25.2. The number of aliphatic hydroxyl groups excluding tert-OH is 1. The molecule has 0 amide bonds. The van der Waals surface area contributed by atoms with Gasteiger partial charge in [-0.1, -0.05) is 65.9 Å². The second-order valence-corrected chi connectivity index (χ2v) is 11.9. The van der Waals surface area contributed by atoms with Crippen molar-refractivity contribution < 1.29 is 13.3 Å². The molecule has 0 aliphatic heterocycles. The van der Waals surface area contributed by atoms with Gasteiger partial charge in [0.15, 0.2) is 0 Å². The average Bonchev–Trinajstić information content (AvgIpc) is 3.07. The first-order valence-corrected chi connectivity index (χ1v) is 12.5. The third kappa shape index (κ3) is 3.66. The molecular weight excluding hydrogens is 352 g/mol. The summed E-state index contributed by atoms with van der Waals surface area (Å²) in [4.78, 5) is 0. The van der Waals surface area contributed by atoms with E-state index in [9.17, 15) is 5.11 Å². The van der Waals surface area contributed by atoms with Crippen LogP contribution in [0.2, 0.25) is 0 Å². The van der Waals surface area contributed by atoms with Gasteiger partial charge in [0.1, 0.15) is 0 Å². The molecule has 166 valence electrons. The van der Waals surface area contributed by atoms with Gasteiger partial charge in [-0.05, 0) is 104 Å². The minimum absolute atomic E-state index is 0.158. The summed E-state index contributed by atoms with van der Waals surface area (Å²) >= 11 is 0. The van der Waals surface area contributed by atoms with Crippen molar-refractivity contribution >= 4 is 0 Å². The second-order valence-electron chi connectivity index (χ2n) is 11.9. The molecule has 1 N–H and O–H groups in total. The van der Waals surface area contributed by atoms with Crippen LogP contribution in [0.4, 0.5) is 0 Å². The van der Waals surface area contributed by atoms with Gasteiger partial charge in [0.05, 0.1) is 6.10 Å². The van der Waals surface area contributed by atoms with Gasteiger partial charge in [-0.2, -0.15) is 0 Å². The fraction of sp³-hybridized carbons (Fsp3) is 0.929. The van der Waals surface area contributed by atoms with Crippen LogP contribution >= 0.6 is 0 Å². The lowest BCUT2D eigenvalue weighted by molar-refractivity contribution is -0.0574. The zero-order chi connectivity index (χ0) is 26.0. The molecule has 0 radical (unpaired) electrons. The summed E-state index contributed by atoms with van der Waals surface area (Å²) in [5.74, 6) is 1.74. The van der Waals surface area contributed by atoms with E-state index < -0.39 is 19.6 Å². The van der Waals surface area contributed by atoms with Crippen LogP contribution < -0.4 is 0 Å². The molecule has 0 heterocycles. The Labute approximate surface area is 189 Å². The molecule has 0 aromatic rings. The first kappa shape index (κ1) is 15.5. The van der Waals surface area contributed by atoms with E-state index in [1.54, 1.807) is 0 Å². The van der Waals surface area contributed by atoms with E-state index in [4.69, 9.17) is 8.22 Å². The fourth-order valence-corrected chi connectivity index (χ4v) is 8.51. The number of hydrogen-bond donors (Lipinski definition) is 1. The van der Waals surface area contributed by atoms with Crippen molar-refractivity contribution in [3.63, 3.8) is 0 Å². The second kappa shape index (κ2) is 7.99. The van der Waals surface area contributed by atoms with Crippen molar-refractivity contribution in [3.05, 3.63) is 11.6 Å². The third-order valence-corrected chi connectivity index (χ3v) is 10.5. The molecule has 0 bridgehead atoms. The summed E-state index contributed by atoms with van der Waals surface area (Å²) in [6.45, 7) is 4.27. The summed E-state index contributed by atoms with van der Waals surface area (Å²) in [5.41, 5.74) is 2.12. The normalized spacial score (nSPS) is 50.4. The highest BCUT2D eigenvalue weighted by Gasteiger charge is 2.59. The van der Waals surface area contributed by atoms with E-state index in [0.29, 0.717) is 23.7 Å². The standard InChI is InChI=1S/C28H48O/c1-18(2)19(3)7-8-20(4)24-11-12-25-23-10-9-21-17-22(29)13-15-27(21,5)26(23)14-16-28(24,25)6/h9,18-20,22-26,29H,7-8,10-17H2,1-6H3/t19-,20+,22-,23-,24+,25-,26-,27-,28+/m0/s1/i1D3,2D3. The summed E-state index contributed by atoms with van der Waals surface area (Å²) < 4.78 is 46.9. The number of allylic oxidation sites excluding steroid dienone is 1. The molecule has 4 rings (SSSR count). The van der Waals surface area contributed by atoms with E-state index in [0.717, 1.165) is 43.4 Å². The van der Waals surface area contributed by atoms with Crippen LogP contribution in [0.1, 0.15) is 114 Å². The van der Waals surface area contributed by atoms with Gasteiger partial charge in [-0.25, -0.2) is 0 Å². The monoisotopic (exact) mass is 406 g/mol. The number of rotatable bonds is 5. The summed E-state index contributed by atoms with van der Waals surface area (Å²) in [5, 5.41) is 10.3. The van der Waals surface area contributed by atoms with Crippen molar-refractivity contribution in [2.45, 2.75) is 112 Å². The highest BCUT2D eigenvalue weighted by molar-refractivity contribution is 5.25. The van der Waals surface area contributed by atoms with E-state index in [1.807, 2.05) is 6.92 Å². The van der Waals surface area contributed by atoms with Gasteiger partial charge in [-0.15, -0.1) is 0 Å². The van der Waals surface area contributed by atoms with Crippen molar-refractivity contribution in [2.24, 2.45) is 52.3 Å². The Kier molecular flexibility index (Phi) is 4.27. The first-order chi connectivity index (χ1) is 16.1. The molecule has 0 saturated heterocycles. The molecule has 1 nitrogen and oxygen atoms in total. The van der Waals surface area contributed by atoms with Gasteiger partial charge < -0.3 is 5.11 Å². The zero-order valence-corrected chi connectivity index (χ0v) is 19.2. The van der Waals surface area contributed by atoms with Crippen molar-refractivity contribution in [3.8, 4) is 0 Å². The van der Waals surface area contributed by atoms with Crippen LogP contribution in [-0.4, -0.2) is 11.2 Å². The maximum absolute atomic E-state index is 10.3. The lowest BCUT2D eigenvalue weighted by Gasteiger charge is -2.58. The molecule has 29 heavy (non-hydrogen) atoms. The molecule has 4 aliphatic carbocycles. The number of aliphatic hydroxyl groups is 1. The van der Waals surface area contributed by atoms with Crippen LogP contribution in [0.3, 0.4) is 0 Å². The first-order valence-electron chi connectivity index (χ1n) is 15.5. The van der Waals surface area contributed by atoms with Gasteiger partial charge in [0.2, 0.25) is 0 Å². The van der Waals surface area contributed by atoms with E-state index in [1.165, 1.54) is 37.7 Å². The summed E-state index contributed by atoms with van der Waals surface area (Å²) in [6.07, 6.45) is 13.1. The average molecular weight is 407 g/mol. The van der Waals surface area contributed by atoms with Gasteiger partial charge in [-0.3, -0.25) is 0 Å². The molecule has 0 spiro atoms. The minimum Gasteiger partial charge on any atom is -0.393 e. The SMILES string of the molecule is [2H]C([2H])([2H])C([C@@H](C)CC[C@@H](C)[C@H]1CC[C@H]2[C@@H]3CC=C4C[C@@H](O)CC[C@]4(C)[C@H]3CC[C@]12C)C([2H])([2H])[2H]. The molecular formula is C28H48O. The highest BCUT2D eigenvalue weighted by atomic mass is 16.3. The maximum atomic E-state index is 10.3. The topological polar surface area (TPSA) is 20.2 Å². The Morgan fingerprint density at radius 2 is 1.86 bits per heavy atom. The third-order valence-electron chi connectivity index (χ3n) is 10.5. The van der Waals surface area contributed by atoms with Gasteiger partial charge in [0, 0.05) is 8.22 Å². The molecule has 3 saturated carbocycles. The Hall–Kier alpha value is -0.300. The van der Waals surface area contributed by atoms with Crippen molar-refractivity contribution in [2.75, 3.05) is 0 Å². The predicted molar refractivity (Wildman–Crippen MR) is 124 cm³/mol. The van der Waals surface area contributed by atoms with Crippen LogP contribution in [0.15, 0.2) is 11.6 Å². The summed E-state index contributed by atoms with van der Waals surface area (Å²) in [6, 6.07) is 0. The predicted octanol–water partition coefficient (Wildman–Crippen LogP) is 7.63. The van der Waals surface area contributed by atoms with Crippen LogP contribution in [0.5, 0.6) is 0 Å². The summed E-state index contributed by atoms with van der Waals surface area (Å²) in [7, 11) is 0. The lowest BCUT2D eigenvalue weighted by atomic mass is 9.47. The smallest absolute Gasteiger partial charge is 0.0577 e. The fourth-order valence-electron chi connectivity index (χ4n) is 8.51. The number of fused-ring (bicyclic) bond motifs is 5. The van der Waals surface area contributed by atoms with E-state index in [2.05, 4.69) is 26.8 Å². The molecule has 4 aliphatic rings. The van der Waals surface area contributed by atoms with Crippen LogP contribution in [-0.2, 0) is 0 Å². The van der Waals surface area contributed by atoms with Crippen molar-refractivity contribution in [1.29, 1.82) is 0 Å². The van der Waals surface area contributed by atoms with Crippen LogP contribution in [0.25, 0.3) is 0 Å². The molecule has 0 aromatic heterocycles. The Balaban J connectivity index is 1.44. The quantitative estimate of drug-likeness (QED) is 0.465. The lowest BCUT2D eigenvalue weighted by Crippen LogP contribution is -2.50. The Morgan fingerprint density at radius 1 is 1.07 bits per heavy atom. The highest BCUT2D eigenvalue weighted by Crippen LogP contribution is 2.67.